The summed E-state index contributed by atoms with van der Waals surface area (Å²) in [5.74, 6) is -2.61. The molecule has 0 aliphatic carbocycles. The van der Waals surface area contributed by atoms with Crippen molar-refractivity contribution in [3.63, 3.8) is 0 Å². The number of nitrogens with zero attached hydrogens (tertiary/aromatic N) is 2. The average Bonchev–Trinajstić information content (AvgIpc) is 2.82. The lowest BCUT2D eigenvalue weighted by molar-refractivity contribution is -0.138. The Morgan fingerprint density at radius 3 is 2.46 bits per heavy atom. The lowest BCUT2D eigenvalue weighted by Gasteiger charge is -2.24. The number of carbonyl (C=O) groups excluding carboxylic acids is 3. The van der Waals surface area contributed by atoms with Gasteiger partial charge in [-0.2, -0.15) is 0 Å². The molecule has 8 heteroatoms. The summed E-state index contributed by atoms with van der Waals surface area (Å²) in [5.41, 5.74) is -2.01. The van der Waals surface area contributed by atoms with Gasteiger partial charge in [0, 0.05) is 18.7 Å². The van der Waals surface area contributed by atoms with Gasteiger partial charge in [0.05, 0.1) is 0 Å². The van der Waals surface area contributed by atoms with Crippen molar-refractivity contribution in [2.24, 2.45) is 0 Å². The fourth-order valence-corrected chi connectivity index (χ4v) is 3.46. The third-order valence-corrected chi connectivity index (χ3v) is 4.99. The monoisotopic (exact) mass is 365 g/mol. The van der Waals surface area contributed by atoms with Crippen LogP contribution in [0.4, 0.5) is 13.6 Å². The maximum absolute atomic E-state index is 14.1. The van der Waals surface area contributed by atoms with Gasteiger partial charge in [-0.15, -0.1) is 0 Å². The third kappa shape index (κ3) is 3.27. The fourth-order valence-electron chi connectivity index (χ4n) is 3.46. The van der Waals surface area contributed by atoms with E-state index in [1.54, 1.807) is 4.90 Å². The molecule has 1 N–H and O–H groups in total. The van der Waals surface area contributed by atoms with Crippen molar-refractivity contribution in [3.8, 4) is 0 Å². The number of likely N-dealkylation sites (tertiary alicyclic amines) is 1. The van der Waals surface area contributed by atoms with Gasteiger partial charge in [0.1, 0.15) is 23.7 Å². The number of urea groups is 1. The first-order chi connectivity index (χ1) is 12.3. The van der Waals surface area contributed by atoms with Gasteiger partial charge in [-0.3, -0.25) is 14.5 Å². The number of halogens is 2. The van der Waals surface area contributed by atoms with Crippen LogP contribution in [0.2, 0.25) is 0 Å². The van der Waals surface area contributed by atoms with E-state index in [0.717, 1.165) is 48.8 Å². The third-order valence-electron chi connectivity index (χ3n) is 4.99. The Labute approximate surface area is 150 Å². The van der Waals surface area contributed by atoms with Crippen LogP contribution < -0.4 is 5.32 Å². The average molecular weight is 365 g/mol. The molecule has 2 aliphatic heterocycles. The van der Waals surface area contributed by atoms with E-state index in [-0.39, 0.29) is 11.5 Å². The minimum absolute atomic E-state index is 0.263. The topological polar surface area (TPSA) is 69.7 Å². The normalized spacial score (nSPS) is 23.8. The van der Waals surface area contributed by atoms with Gasteiger partial charge in [0.15, 0.2) is 0 Å². The van der Waals surface area contributed by atoms with Gasteiger partial charge >= 0.3 is 6.03 Å². The predicted octanol–water partition coefficient (Wildman–Crippen LogP) is 2.13. The number of nitrogens with one attached hydrogen (secondary N) is 1. The standard InChI is InChI=1S/C18H21F2N3O3/c1-18(13-10-12(19)6-7-14(13)20)16(25)23(17(26)21-18)11-15(24)22-8-4-2-3-5-9-22/h6-7,10H,2-5,8-9,11H2,1H3,(H,21,26)/t18-/m0/s1. The van der Waals surface area contributed by atoms with Gasteiger partial charge in [0.25, 0.3) is 5.91 Å². The summed E-state index contributed by atoms with van der Waals surface area (Å²) in [7, 11) is 0. The zero-order valence-electron chi connectivity index (χ0n) is 14.6. The van der Waals surface area contributed by atoms with Crippen LogP contribution >= 0.6 is 0 Å². The second kappa shape index (κ2) is 7.01. The Bertz CT molecular complexity index is 747. The highest BCUT2D eigenvalue weighted by atomic mass is 19.1. The summed E-state index contributed by atoms with van der Waals surface area (Å²) in [5, 5.41) is 2.40. The molecule has 2 saturated heterocycles. The number of hydrogen-bond donors (Lipinski definition) is 1. The molecule has 2 fully saturated rings. The van der Waals surface area contributed by atoms with E-state index in [1.807, 2.05) is 0 Å². The number of carbonyl (C=O) groups is 3. The Morgan fingerprint density at radius 2 is 1.81 bits per heavy atom. The molecule has 3 rings (SSSR count). The molecular weight excluding hydrogens is 344 g/mol. The Morgan fingerprint density at radius 1 is 1.15 bits per heavy atom. The molecule has 26 heavy (non-hydrogen) atoms. The van der Waals surface area contributed by atoms with Crippen molar-refractivity contribution in [2.45, 2.75) is 38.1 Å². The second-order valence-electron chi connectivity index (χ2n) is 6.87. The summed E-state index contributed by atoms with van der Waals surface area (Å²) >= 11 is 0. The van der Waals surface area contributed by atoms with E-state index in [0.29, 0.717) is 13.1 Å². The van der Waals surface area contributed by atoms with Crippen molar-refractivity contribution in [3.05, 3.63) is 35.4 Å². The molecule has 2 aliphatic rings. The Hall–Kier alpha value is -2.51. The van der Waals surface area contributed by atoms with Gasteiger partial charge in [0.2, 0.25) is 5.91 Å². The predicted molar refractivity (Wildman–Crippen MR) is 89.0 cm³/mol. The van der Waals surface area contributed by atoms with Gasteiger partial charge in [-0.05, 0) is 38.0 Å². The molecule has 0 saturated carbocycles. The number of imide groups is 1. The SMILES string of the molecule is C[C@@]1(c2cc(F)ccc2F)NC(=O)N(CC(=O)N2CCCCCC2)C1=O. The molecule has 140 valence electrons. The summed E-state index contributed by atoms with van der Waals surface area (Å²) in [4.78, 5) is 39.9. The van der Waals surface area contributed by atoms with Crippen LogP contribution in [0.25, 0.3) is 0 Å². The lowest BCUT2D eigenvalue weighted by Crippen LogP contribution is -2.45. The Balaban J connectivity index is 1.80. The van der Waals surface area contributed by atoms with Gasteiger partial charge in [-0.25, -0.2) is 13.6 Å². The molecule has 0 spiro atoms. The van der Waals surface area contributed by atoms with Crippen LogP contribution in [0.15, 0.2) is 18.2 Å². The number of hydrogen-bond acceptors (Lipinski definition) is 3. The number of benzene rings is 1. The number of amides is 4. The molecule has 2 heterocycles. The van der Waals surface area contributed by atoms with E-state index in [2.05, 4.69) is 5.32 Å². The first-order valence-electron chi connectivity index (χ1n) is 8.70. The smallest absolute Gasteiger partial charge is 0.325 e. The molecule has 0 unspecified atom stereocenters. The molecule has 6 nitrogen and oxygen atoms in total. The van der Waals surface area contributed by atoms with Crippen molar-refractivity contribution < 1.29 is 23.2 Å². The molecule has 1 atom stereocenters. The van der Waals surface area contributed by atoms with E-state index in [1.165, 1.54) is 6.92 Å². The fraction of sp³-hybridized carbons (Fsp3) is 0.500. The Kier molecular flexibility index (Phi) is 4.93. The van der Waals surface area contributed by atoms with Crippen LogP contribution in [-0.4, -0.2) is 47.3 Å². The quantitative estimate of drug-likeness (QED) is 0.835. The molecule has 1 aromatic rings. The van der Waals surface area contributed by atoms with Crippen LogP contribution in [-0.2, 0) is 15.1 Å². The zero-order chi connectivity index (χ0) is 18.9. The molecular formula is C18H21F2N3O3. The van der Waals surface area contributed by atoms with Crippen LogP contribution in [0.1, 0.15) is 38.2 Å². The number of rotatable bonds is 3. The van der Waals surface area contributed by atoms with Crippen molar-refractivity contribution in [1.29, 1.82) is 0 Å². The van der Waals surface area contributed by atoms with E-state index >= 15 is 0 Å². The first kappa shape index (κ1) is 18.3. The minimum Gasteiger partial charge on any atom is -0.341 e. The minimum atomic E-state index is -1.75. The van der Waals surface area contributed by atoms with Crippen molar-refractivity contribution in [2.75, 3.05) is 19.6 Å². The van der Waals surface area contributed by atoms with Crippen LogP contribution in [0.3, 0.4) is 0 Å². The highest BCUT2D eigenvalue weighted by Gasteiger charge is 2.51. The molecule has 0 aromatic heterocycles. The molecule has 0 bridgehead atoms. The highest BCUT2D eigenvalue weighted by molar-refractivity contribution is 6.09. The molecule has 4 amide bonds. The van der Waals surface area contributed by atoms with Gasteiger partial charge < -0.3 is 10.2 Å². The van der Waals surface area contributed by atoms with E-state index < -0.39 is 35.7 Å². The van der Waals surface area contributed by atoms with E-state index in [9.17, 15) is 23.2 Å². The maximum Gasteiger partial charge on any atom is 0.325 e. The van der Waals surface area contributed by atoms with Crippen molar-refractivity contribution in [1.82, 2.24) is 15.1 Å². The van der Waals surface area contributed by atoms with Crippen LogP contribution in [0, 0.1) is 11.6 Å². The first-order valence-corrected chi connectivity index (χ1v) is 8.70. The summed E-state index contributed by atoms with van der Waals surface area (Å²) < 4.78 is 27.6. The van der Waals surface area contributed by atoms with Crippen molar-refractivity contribution >= 4 is 17.8 Å². The molecule has 0 radical (unpaired) electrons. The summed E-state index contributed by atoms with van der Waals surface area (Å²) in [6.45, 7) is 2.09. The summed E-state index contributed by atoms with van der Waals surface area (Å²) in [6, 6.07) is 1.93. The largest absolute Gasteiger partial charge is 0.341 e. The van der Waals surface area contributed by atoms with E-state index in [4.69, 9.17) is 0 Å². The zero-order valence-corrected chi connectivity index (χ0v) is 14.6. The second-order valence-corrected chi connectivity index (χ2v) is 6.87. The highest BCUT2D eigenvalue weighted by Crippen LogP contribution is 2.31. The van der Waals surface area contributed by atoms with Crippen LogP contribution in [0.5, 0.6) is 0 Å². The molecule has 1 aromatic carbocycles. The van der Waals surface area contributed by atoms with Gasteiger partial charge in [-0.1, -0.05) is 12.8 Å². The summed E-state index contributed by atoms with van der Waals surface area (Å²) in [6.07, 6.45) is 3.86. The lowest BCUT2D eigenvalue weighted by atomic mass is 9.91. The maximum atomic E-state index is 14.1.